The maximum absolute atomic E-state index is 13.3. The second kappa shape index (κ2) is 15.7. The quantitative estimate of drug-likeness (QED) is 0.121. The number of fused-ring (bicyclic) bond motifs is 2. The van der Waals surface area contributed by atoms with Gasteiger partial charge >= 0.3 is 0 Å². The number of thioether (sulfide) groups is 2. The number of aryl methyl sites for hydroxylation is 1. The van der Waals surface area contributed by atoms with E-state index >= 15 is 0 Å². The monoisotopic (exact) mass is 776 g/mol. The highest BCUT2D eigenvalue weighted by molar-refractivity contribution is 7.98. The van der Waals surface area contributed by atoms with Gasteiger partial charge in [0, 0.05) is 35.8 Å². The van der Waals surface area contributed by atoms with Crippen molar-refractivity contribution in [2.45, 2.75) is 81.5 Å². The molecule has 2 aromatic carbocycles. The lowest BCUT2D eigenvalue weighted by molar-refractivity contribution is 0.506. The van der Waals surface area contributed by atoms with E-state index in [0.717, 1.165) is 25.7 Å². The average molecular weight is 777 g/mol. The first-order valence-corrected chi connectivity index (χ1v) is 21.9. The van der Waals surface area contributed by atoms with Gasteiger partial charge in [-0.15, -0.1) is 0 Å². The summed E-state index contributed by atoms with van der Waals surface area (Å²) < 4.78 is 55.1. The van der Waals surface area contributed by atoms with Crippen LogP contribution >= 0.6 is 23.5 Å². The minimum Gasteiger partial charge on any atom is -0.291 e. The molecule has 0 unspecified atom stereocenters. The molecular weight excluding hydrogens is 741 g/mol. The predicted octanol–water partition coefficient (Wildman–Crippen LogP) is 6.22. The SMILES string of the molecule is CCCn1c(=O)c(S(=O)(=O)c2ccccc2)cc2cnc(SC)nc21.CSc1ncc2cc(S(=O)(=O)c3ccccc3)c(=O)n(C3CCCC3)c2n1. The number of aromatic nitrogens is 6. The molecule has 1 fully saturated rings. The smallest absolute Gasteiger partial charge is 0.271 e. The molecule has 0 radical (unpaired) electrons. The lowest BCUT2D eigenvalue weighted by Gasteiger charge is -2.18. The Morgan fingerprint density at radius 1 is 0.692 bits per heavy atom. The zero-order chi connectivity index (χ0) is 37.0. The van der Waals surface area contributed by atoms with Crippen LogP contribution in [0, 0.1) is 0 Å². The van der Waals surface area contributed by atoms with Gasteiger partial charge in [-0.2, -0.15) is 0 Å². The molecule has 1 aliphatic carbocycles. The Bertz CT molecular complexity index is 2590. The molecule has 12 nitrogen and oxygen atoms in total. The highest BCUT2D eigenvalue weighted by Crippen LogP contribution is 2.32. The number of sulfone groups is 2. The maximum atomic E-state index is 13.3. The van der Waals surface area contributed by atoms with Gasteiger partial charge in [0.1, 0.15) is 21.1 Å². The highest BCUT2D eigenvalue weighted by atomic mass is 32.2. The van der Waals surface area contributed by atoms with Crippen LogP contribution in [0.4, 0.5) is 0 Å². The first-order valence-electron chi connectivity index (χ1n) is 16.5. The van der Waals surface area contributed by atoms with Crippen molar-refractivity contribution >= 4 is 65.3 Å². The Hall–Kier alpha value is -4.38. The van der Waals surface area contributed by atoms with Crippen LogP contribution in [0.5, 0.6) is 0 Å². The summed E-state index contributed by atoms with van der Waals surface area (Å²) in [6.07, 6.45) is 11.3. The van der Waals surface area contributed by atoms with E-state index in [1.807, 2.05) is 19.4 Å². The highest BCUT2D eigenvalue weighted by Gasteiger charge is 2.29. The van der Waals surface area contributed by atoms with Crippen LogP contribution in [0.3, 0.4) is 0 Å². The van der Waals surface area contributed by atoms with Crippen molar-refractivity contribution < 1.29 is 16.8 Å². The van der Waals surface area contributed by atoms with E-state index in [1.54, 1.807) is 53.4 Å². The summed E-state index contributed by atoms with van der Waals surface area (Å²) in [5.41, 5.74) is -0.0792. The molecule has 270 valence electrons. The molecule has 52 heavy (non-hydrogen) atoms. The van der Waals surface area contributed by atoms with Gasteiger partial charge in [-0.05, 0) is 68.2 Å². The number of rotatable bonds is 9. The zero-order valence-electron chi connectivity index (χ0n) is 28.7. The van der Waals surface area contributed by atoms with Gasteiger partial charge in [-0.3, -0.25) is 18.7 Å². The van der Waals surface area contributed by atoms with E-state index < -0.39 is 30.8 Å². The van der Waals surface area contributed by atoms with Crippen LogP contribution in [0.25, 0.3) is 22.1 Å². The molecular formula is C36H36N6O6S4. The number of pyridine rings is 2. The molecule has 0 atom stereocenters. The first kappa shape index (κ1) is 37.4. The Morgan fingerprint density at radius 2 is 1.15 bits per heavy atom. The fourth-order valence-corrected chi connectivity index (χ4v) is 9.61. The van der Waals surface area contributed by atoms with Crippen LogP contribution in [-0.2, 0) is 26.2 Å². The van der Waals surface area contributed by atoms with E-state index in [-0.39, 0.29) is 25.6 Å². The molecule has 1 saturated carbocycles. The Kier molecular flexibility index (Phi) is 11.3. The van der Waals surface area contributed by atoms with Gasteiger partial charge in [0.05, 0.1) is 9.79 Å². The molecule has 0 bridgehead atoms. The minimum absolute atomic E-state index is 0.0319. The summed E-state index contributed by atoms with van der Waals surface area (Å²) in [5.74, 6) is 0. The molecule has 0 aliphatic heterocycles. The molecule has 0 amide bonds. The van der Waals surface area contributed by atoms with Crippen molar-refractivity contribution in [2.75, 3.05) is 12.5 Å². The summed E-state index contributed by atoms with van der Waals surface area (Å²) in [4.78, 5) is 43.3. The molecule has 6 aromatic rings. The molecule has 0 spiro atoms. The normalized spacial score (nSPS) is 13.7. The second-order valence-electron chi connectivity index (χ2n) is 12.0. The lowest BCUT2D eigenvalue weighted by Crippen LogP contribution is -2.29. The van der Waals surface area contributed by atoms with Crippen molar-refractivity contribution in [3.05, 3.63) is 106 Å². The molecule has 0 saturated heterocycles. The Morgan fingerprint density at radius 3 is 1.63 bits per heavy atom. The molecule has 7 rings (SSSR count). The van der Waals surface area contributed by atoms with Crippen LogP contribution < -0.4 is 11.1 Å². The number of nitrogens with zero attached hydrogens (tertiary/aromatic N) is 6. The predicted molar refractivity (Wildman–Crippen MR) is 203 cm³/mol. The second-order valence-corrected chi connectivity index (χ2v) is 17.4. The van der Waals surface area contributed by atoms with Gasteiger partial charge in [0.15, 0.2) is 10.3 Å². The molecule has 1 aliphatic rings. The third-order valence-corrected chi connectivity index (χ3v) is 13.3. The fourth-order valence-electron chi connectivity index (χ4n) is 6.16. The number of hydrogen-bond donors (Lipinski definition) is 0. The van der Waals surface area contributed by atoms with E-state index in [1.165, 1.54) is 64.5 Å². The summed E-state index contributed by atoms with van der Waals surface area (Å²) in [7, 11) is -7.83. The lowest BCUT2D eigenvalue weighted by atomic mass is 10.2. The van der Waals surface area contributed by atoms with Gasteiger partial charge in [-0.25, -0.2) is 36.8 Å². The fraction of sp³-hybridized carbons (Fsp3) is 0.278. The summed E-state index contributed by atoms with van der Waals surface area (Å²) in [6.45, 7) is 2.31. The van der Waals surface area contributed by atoms with Crippen LogP contribution in [-0.4, -0.2) is 58.4 Å². The van der Waals surface area contributed by atoms with E-state index in [0.29, 0.717) is 45.3 Å². The summed E-state index contributed by atoms with van der Waals surface area (Å²) in [5, 5.41) is 2.19. The van der Waals surface area contributed by atoms with Crippen molar-refractivity contribution in [2.24, 2.45) is 0 Å². The number of hydrogen-bond acceptors (Lipinski definition) is 12. The van der Waals surface area contributed by atoms with Crippen molar-refractivity contribution in [1.29, 1.82) is 0 Å². The van der Waals surface area contributed by atoms with Gasteiger partial charge < -0.3 is 0 Å². The van der Waals surface area contributed by atoms with Crippen LogP contribution in [0.1, 0.15) is 45.1 Å². The molecule has 4 heterocycles. The van der Waals surface area contributed by atoms with Crippen molar-refractivity contribution in [1.82, 2.24) is 29.1 Å². The number of benzene rings is 2. The first-order chi connectivity index (χ1) is 25.0. The largest absolute Gasteiger partial charge is 0.291 e. The van der Waals surface area contributed by atoms with Gasteiger partial charge in [-0.1, -0.05) is 79.7 Å². The van der Waals surface area contributed by atoms with E-state index in [4.69, 9.17) is 0 Å². The molecule has 4 aromatic heterocycles. The standard InChI is InChI=1S/C19H19N3O3S2.C17H17N3O3S2/c1-26-19-20-12-13-11-16(27(24,25)15-9-3-2-4-10-15)18(23)22(17(13)21-19)14-7-5-6-8-14;1-3-9-20-15-12(11-18-17(19-15)24-2)10-14(16(20)21)25(22,23)13-7-5-4-6-8-13/h2-4,9-12,14H,5-8H2,1H3;4-8,10-11H,3,9H2,1-2H3. The zero-order valence-corrected chi connectivity index (χ0v) is 31.9. The van der Waals surface area contributed by atoms with E-state index in [2.05, 4.69) is 19.9 Å². The molecule has 0 N–H and O–H groups in total. The summed E-state index contributed by atoms with van der Waals surface area (Å²) in [6, 6.07) is 18.8. The van der Waals surface area contributed by atoms with Crippen LogP contribution in [0.15, 0.2) is 125 Å². The Labute approximate surface area is 309 Å². The average Bonchev–Trinajstić information content (AvgIpc) is 3.70. The van der Waals surface area contributed by atoms with Crippen molar-refractivity contribution in [3.8, 4) is 0 Å². The van der Waals surface area contributed by atoms with Gasteiger partial charge in [0.2, 0.25) is 19.7 Å². The third kappa shape index (κ3) is 7.29. The van der Waals surface area contributed by atoms with Gasteiger partial charge in [0.25, 0.3) is 11.1 Å². The molecule has 16 heteroatoms. The van der Waals surface area contributed by atoms with E-state index in [9.17, 15) is 26.4 Å². The van der Waals surface area contributed by atoms with Crippen molar-refractivity contribution in [3.63, 3.8) is 0 Å². The van der Waals surface area contributed by atoms with Crippen LogP contribution in [0.2, 0.25) is 0 Å². The third-order valence-electron chi connectivity index (χ3n) is 8.68. The Balaban J connectivity index is 0.000000179. The minimum atomic E-state index is -3.92. The summed E-state index contributed by atoms with van der Waals surface area (Å²) >= 11 is 2.76. The topological polar surface area (TPSA) is 164 Å². The maximum Gasteiger partial charge on any atom is 0.271 e.